The van der Waals surface area contributed by atoms with Crippen molar-refractivity contribution in [1.29, 1.82) is 0 Å². The largest absolute Gasteiger partial charge is 0.396 e. The van der Waals surface area contributed by atoms with E-state index in [1.807, 2.05) is 0 Å². The lowest BCUT2D eigenvalue weighted by atomic mass is 10.1. The number of nitro groups is 1. The minimum Gasteiger partial charge on any atom is -0.396 e. The molecule has 0 unspecified atom stereocenters. The number of anilines is 1. The highest BCUT2D eigenvalue weighted by molar-refractivity contribution is 5.99. The Kier molecular flexibility index (Phi) is 5.58. The van der Waals surface area contributed by atoms with Crippen LogP contribution in [0.25, 0.3) is 0 Å². The van der Waals surface area contributed by atoms with Crippen LogP contribution in [0, 0.1) is 15.9 Å². The molecule has 8 nitrogen and oxygen atoms in total. The van der Waals surface area contributed by atoms with Gasteiger partial charge in [0, 0.05) is 13.0 Å². The second-order valence-electron chi connectivity index (χ2n) is 4.33. The van der Waals surface area contributed by atoms with Crippen LogP contribution < -0.4 is 16.8 Å². The molecule has 0 aromatic heterocycles. The fraction of sp³-hybridized carbons (Fsp3) is 0.333. The van der Waals surface area contributed by atoms with Gasteiger partial charge in [-0.05, 0) is 18.9 Å². The molecule has 1 aromatic rings. The lowest BCUT2D eigenvalue weighted by molar-refractivity contribution is -0.385. The third-order valence-electron chi connectivity index (χ3n) is 2.69. The summed E-state index contributed by atoms with van der Waals surface area (Å²) in [5.74, 6) is -2.13. The maximum Gasteiger partial charge on any atom is 0.285 e. The van der Waals surface area contributed by atoms with E-state index in [1.165, 1.54) is 0 Å². The molecule has 0 saturated heterocycles. The molecule has 21 heavy (non-hydrogen) atoms. The van der Waals surface area contributed by atoms with Gasteiger partial charge in [0.15, 0.2) is 5.82 Å². The van der Waals surface area contributed by atoms with E-state index in [0.29, 0.717) is 18.9 Å². The van der Waals surface area contributed by atoms with Crippen molar-refractivity contribution in [3.8, 4) is 0 Å². The van der Waals surface area contributed by atoms with Gasteiger partial charge in [-0.25, -0.2) is 4.39 Å². The molecular weight excluding hydrogens is 283 g/mol. The summed E-state index contributed by atoms with van der Waals surface area (Å²) in [4.78, 5) is 32.3. The highest BCUT2D eigenvalue weighted by Crippen LogP contribution is 2.24. The summed E-state index contributed by atoms with van der Waals surface area (Å²) in [5, 5.41) is 13.2. The molecule has 0 aliphatic carbocycles. The van der Waals surface area contributed by atoms with E-state index in [-0.39, 0.29) is 24.2 Å². The van der Waals surface area contributed by atoms with Crippen LogP contribution >= 0.6 is 0 Å². The quantitative estimate of drug-likeness (QED) is 0.294. The second kappa shape index (κ2) is 7.17. The molecule has 114 valence electrons. The number of nitro benzene ring substituents is 1. The molecule has 2 amide bonds. The molecule has 1 aromatic carbocycles. The number of nitrogen functional groups attached to an aromatic ring is 1. The van der Waals surface area contributed by atoms with Crippen LogP contribution in [0.5, 0.6) is 0 Å². The smallest absolute Gasteiger partial charge is 0.285 e. The van der Waals surface area contributed by atoms with Crippen molar-refractivity contribution in [2.75, 3.05) is 12.3 Å². The number of primary amides is 1. The SMILES string of the molecule is NC(=O)CCCCNC(=O)c1cc(N)c(F)cc1[N+](=O)[O-]. The Bertz CT molecular complexity index is 577. The summed E-state index contributed by atoms with van der Waals surface area (Å²) in [5.41, 5.74) is 8.95. The molecule has 0 fully saturated rings. The number of hydrogen-bond donors (Lipinski definition) is 3. The number of carbonyl (C=O) groups excluding carboxylic acids is 2. The summed E-state index contributed by atoms with van der Waals surface area (Å²) < 4.78 is 13.2. The van der Waals surface area contributed by atoms with Crippen molar-refractivity contribution in [3.05, 3.63) is 33.6 Å². The topological polar surface area (TPSA) is 141 Å². The average Bonchev–Trinajstić information content (AvgIpc) is 2.40. The average molecular weight is 298 g/mol. The van der Waals surface area contributed by atoms with Crippen molar-refractivity contribution in [2.24, 2.45) is 5.73 Å². The number of carbonyl (C=O) groups is 2. The van der Waals surface area contributed by atoms with Crippen LogP contribution in [-0.4, -0.2) is 23.3 Å². The Morgan fingerprint density at radius 1 is 1.33 bits per heavy atom. The second-order valence-corrected chi connectivity index (χ2v) is 4.33. The first-order chi connectivity index (χ1) is 9.82. The molecule has 0 saturated carbocycles. The van der Waals surface area contributed by atoms with Crippen LogP contribution in [0.4, 0.5) is 15.8 Å². The van der Waals surface area contributed by atoms with E-state index in [1.54, 1.807) is 0 Å². The van der Waals surface area contributed by atoms with Crippen LogP contribution in [0.3, 0.4) is 0 Å². The van der Waals surface area contributed by atoms with Crippen LogP contribution in [0.2, 0.25) is 0 Å². The summed E-state index contributed by atoms with van der Waals surface area (Å²) >= 11 is 0. The Labute approximate surface area is 119 Å². The summed E-state index contributed by atoms with van der Waals surface area (Å²) in [6, 6.07) is 1.53. The van der Waals surface area contributed by atoms with Crippen molar-refractivity contribution in [2.45, 2.75) is 19.3 Å². The molecule has 0 atom stereocenters. The van der Waals surface area contributed by atoms with Gasteiger partial charge in [-0.3, -0.25) is 19.7 Å². The molecule has 1 rings (SSSR count). The monoisotopic (exact) mass is 298 g/mol. The van der Waals surface area contributed by atoms with E-state index in [4.69, 9.17) is 11.5 Å². The highest BCUT2D eigenvalue weighted by Gasteiger charge is 2.22. The van der Waals surface area contributed by atoms with Crippen LogP contribution in [0.1, 0.15) is 29.6 Å². The normalized spacial score (nSPS) is 10.1. The van der Waals surface area contributed by atoms with Crippen molar-refractivity contribution in [1.82, 2.24) is 5.32 Å². The first-order valence-electron chi connectivity index (χ1n) is 6.13. The highest BCUT2D eigenvalue weighted by atomic mass is 19.1. The number of amides is 2. The predicted molar refractivity (Wildman–Crippen MR) is 72.8 cm³/mol. The van der Waals surface area contributed by atoms with Gasteiger partial charge in [-0.15, -0.1) is 0 Å². The molecule has 0 bridgehead atoms. The number of benzene rings is 1. The molecular formula is C12H15FN4O4. The van der Waals surface area contributed by atoms with E-state index in [0.717, 1.165) is 6.07 Å². The maximum atomic E-state index is 13.2. The molecule has 9 heteroatoms. The molecule has 0 spiro atoms. The van der Waals surface area contributed by atoms with Crippen LogP contribution in [-0.2, 0) is 4.79 Å². The number of nitrogens with two attached hydrogens (primary N) is 2. The van der Waals surface area contributed by atoms with Gasteiger partial charge < -0.3 is 16.8 Å². The number of rotatable bonds is 7. The van der Waals surface area contributed by atoms with Crippen molar-refractivity contribution < 1.29 is 18.9 Å². The van der Waals surface area contributed by atoms with Gasteiger partial charge in [-0.2, -0.15) is 0 Å². The Morgan fingerprint density at radius 3 is 2.57 bits per heavy atom. The lowest BCUT2D eigenvalue weighted by Crippen LogP contribution is -2.25. The third kappa shape index (κ3) is 4.71. The molecule has 5 N–H and O–H groups in total. The van der Waals surface area contributed by atoms with Gasteiger partial charge >= 0.3 is 0 Å². The molecule has 0 aliphatic rings. The predicted octanol–water partition coefficient (Wildman–Crippen LogP) is 0.701. The van der Waals surface area contributed by atoms with E-state index >= 15 is 0 Å². The molecule has 0 aliphatic heterocycles. The third-order valence-corrected chi connectivity index (χ3v) is 2.69. The zero-order chi connectivity index (χ0) is 16.0. The van der Waals surface area contributed by atoms with Gasteiger partial charge in [0.25, 0.3) is 11.6 Å². The fourth-order valence-electron chi connectivity index (χ4n) is 1.63. The first-order valence-corrected chi connectivity index (χ1v) is 6.13. The van der Waals surface area contributed by atoms with Gasteiger partial charge in [-0.1, -0.05) is 0 Å². The minimum atomic E-state index is -0.959. The number of nitrogens with zero attached hydrogens (tertiary/aromatic N) is 1. The number of hydrogen-bond acceptors (Lipinski definition) is 5. The number of nitrogens with one attached hydrogen (secondary N) is 1. The Morgan fingerprint density at radius 2 is 2.00 bits per heavy atom. The van der Waals surface area contributed by atoms with Crippen LogP contribution in [0.15, 0.2) is 12.1 Å². The van der Waals surface area contributed by atoms with Crippen molar-refractivity contribution in [3.63, 3.8) is 0 Å². The van der Waals surface area contributed by atoms with E-state index in [9.17, 15) is 24.1 Å². The Balaban J connectivity index is 2.71. The standard InChI is InChI=1S/C12H15FN4O4/c13-8-6-10(17(20)21)7(5-9(8)14)12(19)16-4-2-1-3-11(15)18/h5-6H,1-4,14H2,(H2,15,18)(H,16,19). The zero-order valence-electron chi connectivity index (χ0n) is 11.1. The minimum absolute atomic E-state index is 0.194. The first kappa shape index (κ1) is 16.3. The van der Waals surface area contributed by atoms with Gasteiger partial charge in [0.05, 0.1) is 16.7 Å². The van der Waals surface area contributed by atoms with Gasteiger partial charge in [0.1, 0.15) is 5.56 Å². The number of halogens is 1. The van der Waals surface area contributed by atoms with E-state index < -0.39 is 28.2 Å². The molecule has 0 radical (unpaired) electrons. The lowest BCUT2D eigenvalue weighted by Gasteiger charge is -2.07. The maximum absolute atomic E-state index is 13.2. The summed E-state index contributed by atoms with van der Waals surface area (Å²) in [6.45, 7) is 0.209. The number of unbranched alkanes of at least 4 members (excludes halogenated alkanes) is 1. The zero-order valence-corrected chi connectivity index (χ0v) is 11.1. The van der Waals surface area contributed by atoms with Gasteiger partial charge in [0.2, 0.25) is 5.91 Å². The summed E-state index contributed by atoms with van der Waals surface area (Å²) in [6.07, 6.45) is 1.17. The molecule has 0 heterocycles. The Hall–Kier alpha value is -2.71. The summed E-state index contributed by atoms with van der Waals surface area (Å²) in [7, 11) is 0. The van der Waals surface area contributed by atoms with E-state index in [2.05, 4.69) is 5.32 Å². The fourth-order valence-corrected chi connectivity index (χ4v) is 1.63. The van der Waals surface area contributed by atoms with Crippen molar-refractivity contribution >= 4 is 23.2 Å².